The maximum atomic E-state index is 13.7. The van der Waals surface area contributed by atoms with Crippen LogP contribution in [0.15, 0.2) is 34.5 Å². The number of carbonyl (C=O) groups excluding carboxylic acids is 1. The fourth-order valence-electron chi connectivity index (χ4n) is 3.68. The molecule has 1 aromatic carbocycles. The zero-order valence-corrected chi connectivity index (χ0v) is 20.1. The summed E-state index contributed by atoms with van der Waals surface area (Å²) in [5.41, 5.74) is 1.19. The second-order valence-electron chi connectivity index (χ2n) is 7.53. The molecule has 1 fully saturated rings. The highest BCUT2D eigenvalue weighted by Gasteiger charge is 2.35. The molecule has 0 aromatic heterocycles. The molecule has 34 heavy (non-hydrogen) atoms. The highest BCUT2D eigenvalue weighted by Crippen LogP contribution is 2.36. The van der Waals surface area contributed by atoms with Gasteiger partial charge in [0.2, 0.25) is 0 Å². The van der Waals surface area contributed by atoms with E-state index in [1.807, 2.05) is 4.90 Å². The van der Waals surface area contributed by atoms with Gasteiger partial charge in [-0.3, -0.25) is 9.89 Å². The minimum atomic E-state index is -1.05. The molecule has 9 nitrogen and oxygen atoms in total. The molecule has 0 bridgehead atoms. The summed E-state index contributed by atoms with van der Waals surface area (Å²) < 4.78 is 24.4. The lowest BCUT2D eigenvalue weighted by molar-refractivity contribution is -0.155. The SMILES string of the molecule is CCOC(=O)C1=C(CN2CCOC(C(=O)O)C2)NC(CSCC=N)=NC1c1ccc(F)cc1Cl. The molecule has 3 rings (SSSR count). The lowest BCUT2D eigenvalue weighted by atomic mass is 9.95. The van der Waals surface area contributed by atoms with Gasteiger partial charge in [0.1, 0.15) is 17.7 Å². The number of aliphatic carboxylic acids is 1. The lowest BCUT2D eigenvalue weighted by Gasteiger charge is -2.34. The van der Waals surface area contributed by atoms with Crippen LogP contribution in [-0.2, 0) is 19.1 Å². The van der Waals surface area contributed by atoms with Crippen LogP contribution in [0.5, 0.6) is 0 Å². The van der Waals surface area contributed by atoms with Crippen molar-refractivity contribution in [3.8, 4) is 0 Å². The molecular formula is C22H26ClFN4O5S. The molecule has 2 heterocycles. The molecule has 0 radical (unpaired) electrons. The van der Waals surface area contributed by atoms with Gasteiger partial charge in [0.05, 0.1) is 24.5 Å². The van der Waals surface area contributed by atoms with Gasteiger partial charge in [-0.2, -0.15) is 0 Å². The van der Waals surface area contributed by atoms with E-state index in [1.165, 1.54) is 36.2 Å². The third-order valence-electron chi connectivity index (χ3n) is 5.18. The normalized spacial score (nSPS) is 21.0. The number of thioether (sulfide) groups is 1. The van der Waals surface area contributed by atoms with Crippen LogP contribution in [0.25, 0.3) is 0 Å². The molecule has 12 heteroatoms. The number of rotatable bonds is 10. The van der Waals surface area contributed by atoms with E-state index in [0.29, 0.717) is 35.1 Å². The Bertz CT molecular complexity index is 1010. The molecule has 2 unspecified atom stereocenters. The van der Waals surface area contributed by atoms with Crippen LogP contribution in [0.4, 0.5) is 4.39 Å². The van der Waals surface area contributed by atoms with Crippen LogP contribution in [0.2, 0.25) is 5.02 Å². The van der Waals surface area contributed by atoms with Gasteiger partial charge in [-0.25, -0.2) is 14.0 Å². The zero-order chi connectivity index (χ0) is 24.7. The average Bonchev–Trinajstić information content (AvgIpc) is 2.79. The smallest absolute Gasteiger partial charge is 0.338 e. The van der Waals surface area contributed by atoms with Crippen molar-refractivity contribution in [1.82, 2.24) is 10.2 Å². The number of esters is 1. The summed E-state index contributed by atoms with van der Waals surface area (Å²) in [4.78, 5) is 31.1. The van der Waals surface area contributed by atoms with Crippen molar-refractivity contribution in [3.05, 3.63) is 45.9 Å². The maximum absolute atomic E-state index is 13.7. The van der Waals surface area contributed by atoms with Crippen LogP contribution in [0, 0.1) is 11.2 Å². The van der Waals surface area contributed by atoms with Crippen LogP contribution >= 0.6 is 23.4 Å². The summed E-state index contributed by atoms with van der Waals surface area (Å²) in [7, 11) is 0. The van der Waals surface area contributed by atoms with Crippen molar-refractivity contribution >= 4 is 47.4 Å². The Morgan fingerprint density at radius 1 is 1.50 bits per heavy atom. The highest BCUT2D eigenvalue weighted by atomic mass is 35.5. The van der Waals surface area contributed by atoms with E-state index in [9.17, 15) is 19.1 Å². The van der Waals surface area contributed by atoms with Gasteiger partial charge < -0.3 is 25.3 Å². The predicted octanol–water partition coefficient (Wildman–Crippen LogP) is 2.51. The first-order valence-electron chi connectivity index (χ1n) is 10.7. The molecule has 1 saturated heterocycles. The van der Waals surface area contributed by atoms with Gasteiger partial charge in [0.15, 0.2) is 6.10 Å². The number of hydrogen-bond donors (Lipinski definition) is 3. The topological polar surface area (TPSA) is 124 Å². The minimum absolute atomic E-state index is 0.126. The van der Waals surface area contributed by atoms with E-state index >= 15 is 0 Å². The summed E-state index contributed by atoms with van der Waals surface area (Å²) in [5.74, 6) is -0.677. The number of carboxylic acid groups (broad SMARTS) is 1. The Morgan fingerprint density at radius 2 is 2.29 bits per heavy atom. The summed E-state index contributed by atoms with van der Waals surface area (Å²) in [6.07, 6.45) is 0.311. The molecule has 0 aliphatic carbocycles. The molecule has 0 saturated carbocycles. The third-order valence-corrected chi connectivity index (χ3v) is 6.39. The molecule has 2 atom stereocenters. The fraction of sp³-hybridized carbons (Fsp3) is 0.455. The van der Waals surface area contributed by atoms with E-state index < -0.39 is 29.9 Å². The Morgan fingerprint density at radius 3 is 2.97 bits per heavy atom. The van der Waals surface area contributed by atoms with Crippen molar-refractivity contribution in [2.45, 2.75) is 19.1 Å². The fourth-order valence-corrected chi connectivity index (χ4v) is 4.53. The molecule has 2 aliphatic rings. The molecular weight excluding hydrogens is 487 g/mol. The van der Waals surface area contributed by atoms with Gasteiger partial charge >= 0.3 is 11.9 Å². The average molecular weight is 513 g/mol. The van der Waals surface area contributed by atoms with Crippen LogP contribution in [-0.4, -0.2) is 84.5 Å². The second-order valence-corrected chi connectivity index (χ2v) is 8.97. The second kappa shape index (κ2) is 12.3. The first kappa shape index (κ1) is 26.1. The highest BCUT2D eigenvalue weighted by molar-refractivity contribution is 8.00. The van der Waals surface area contributed by atoms with Gasteiger partial charge in [0.25, 0.3) is 0 Å². The van der Waals surface area contributed by atoms with Crippen LogP contribution in [0.1, 0.15) is 18.5 Å². The monoisotopic (exact) mass is 512 g/mol. The van der Waals surface area contributed by atoms with E-state index in [0.717, 1.165) is 0 Å². The van der Waals surface area contributed by atoms with Crippen molar-refractivity contribution in [2.24, 2.45) is 4.99 Å². The number of hydrogen-bond acceptors (Lipinski definition) is 9. The Hall–Kier alpha value is -2.47. The largest absolute Gasteiger partial charge is 0.479 e. The number of carboxylic acids is 1. The first-order chi connectivity index (χ1) is 16.3. The summed E-state index contributed by atoms with van der Waals surface area (Å²) in [6.45, 7) is 2.92. The van der Waals surface area contributed by atoms with E-state index in [4.69, 9.17) is 31.5 Å². The number of ether oxygens (including phenoxy) is 2. The quantitative estimate of drug-likeness (QED) is 0.248. The van der Waals surface area contributed by atoms with Gasteiger partial charge in [-0.1, -0.05) is 17.7 Å². The van der Waals surface area contributed by atoms with Crippen molar-refractivity contribution in [2.75, 3.05) is 44.4 Å². The van der Waals surface area contributed by atoms with E-state index in [1.54, 1.807) is 6.92 Å². The predicted molar refractivity (Wildman–Crippen MR) is 128 cm³/mol. The molecule has 0 spiro atoms. The molecule has 3 N–H and O–H groups in total. The summed E-state index contributed by atoms with van der Waals surface area (Å²) in [5, 5.41) is 19.9. The number of carbonyl (C=O) groups is 2. The molecule has 1 aromatic rings. The van der Waals surface area contributed by atoms with Crippen molar-refractivity contribution in [3.63, 3.8) is 0 Å². The van der Waals surface area contributed by atoms with Crippen molar-refractivity contribution < 1.29 is 28.6 Å². The number of halogens is 2. The standard InChI is InChI=1S/C22H26ClFN4O5S/c1-2-32-22(31)19-16(10-28-6-7-33-17(11-28)21(29)30)26-18(12-34-8-5-25)27-20(19)14-4-3-13(24)9-15(14)23/h3-5,9,17,20,25H,2,6-8,10-12H2,1H3,(H,26,27)(H,29,30). The Balaban J connectivity index is 2.02. The minimum Gasteiger partial charge on any atom is -0.479 e. The maximum Gasteiger partial charge on any atom is 0.338 e. The number of morpholine rings is 1. The summed E-state index contributed by atoms with van der Waals surface area (Å²) >= 11 is 7.80. The third kappa shape index (κ3) is 6.56. The number of nitrogens with zero attached hydrogens (tertiary/aromatic N) is 2. The van der Waals surface area contributed by atoms with Crippen LogP contribution < -0.4 is 5.32 Å². The van der Waals surface area contributed by atoms with Crippen LogP contribution in [0.3, 0.4) is 0 Å². The first-order valence-corrected chi connectivity index (χ1v) is 12.2. The lowest BCUT2D eigenvalue weighted by Crippen LogP contribution is -2.49. The molecule has 184 valence electrons. The number of aliphatic imine (C=N–C) groups is 1. The zero-order valence-electron chi connectivity index (χ0n) is 18.6. The van der Waals surface area contributed by atoms with Gasteiger partial charge in [0, 0.05) is 47.9 Å². The number of amidine groups is 1. The summed E-state index contributed by atoms with van der Waals surface area (Å²) in [6, 6.07) is 3.07. The van der Waals surface area contributed by atoms with Crippen molar-refractivity contribution in [1.29, 1.82) is 5.41 Å². The molecule has 2 aliphatic heterocycles. The Labute approximate surface area is 205 Å². The van der Waals surface area contributed by atoms with Gasteiger partial charge in [-0.15, -0.1) is 11.8 Å². The van der Waals surface area contributed by atoms with E-state index in [2.05, 4.69) is 5.32 Å². The Kier molecular flexibility index (Phi) is 9.45. The molecule has 0 amide bonds. The van der Waals surface area contributed by atoms with Gasteiger partial charge in [-0.05, 0) is 19.1 Å². The number of nitrogens with one attached hydrogen (secondary N) is 2. The number of benzene rings is 1. The van der Waals surface area contributed by atoms with E-state index in [-0.39, 0.29) is 36.9 Å².